The Morgan fingerprint density at radius 3 is 2.74 bits per heavy atom. The molecular formula is C21H23NO5. The van der Waals surface area contributed by atoms with Crippen LogP contribution in [0, 0.1) is 0 Å². The molecule has 1 aliphatic rings. The van der Waals surface area contributed by atoms with Gasteiger partial charge in [-0.3, -0.25) is 4.79 Å². The maximum Gasteiger partial charge on any atom is 0.341 e. The van der Waals surface area contributed by atoms with Gasteiger partial charge in [-0.05, 0) is 49.1 Å². The molecule has 0 spiro atoms. The molecule has 27 heavy (non-hydrogen) atoms. The summed E-state index contributed by atoms with van der Waals surface area (Å²) in [5.41, 5.74) is 3.12. The van der Waals surface area contributed by atoms with Crippen molar-refractivity contribution in [2.45, 2.75) is 25.7 Å². The number of amides is 1. The molecule has 1 unspecified atom stereocenters. The van der Waals surface area contributed by atoms with E-state index in [1.165, 1.54) is 11.1 Å². The second kappa shape index (κ2) is 8.58. The van der Waals surface area contributed by atoms with E-state index in [9.17, 15) is 9.59 Å². The van der Waals surface area contributed by atoms with E-state index in [-0.39, 0.29) is 5.91 Å². The number of rotatable bonds is 8. The molecule has 0 radical (unpaired) electrons. The quantitative estimate of drug-likeness (QED) is 0.747. The zero-order valence-corrected chi connectivity index (χ0v) is 15.2. The zero-order chi connectivity index (χ0) is 19.2. The molecular weight excluding hydrogens is 346 g/mol. The lowest BCUT2D eigenvalue weighted by atomic mass is 10.0. The van der Waals surface area contributed by atoms with E-state index in [1.54, 1.807) is 18.2 Å². The van der Waals surface area contributed by atoms with Crippen LogP contribution in [0.4, 0.5) is 0 Å². The Morgan fingerprint density at radius 1 is 1.15 bits per heavy atom. The third kappa shape index (κ3) is 4.58. The fourth-order valence-electron chi connectivity index (χ4n) is 3.35. The lowest BCUT2D eigenvalue weighted by molar-refractivity contribution is -0.139. The third-order valence-electron chi connectivity index (χ3n) is 4.62. The van der Waals surface area contributed by atoms with Gasteiger partial charge in [0.2, 0.25) is 0 Å². The maximum absolute atomic E-state index is 12.5. The van der Waals surface area contributed by atoms with Gasteiger partial charge in [0, 0.05) is 18.0 Å². The summed E-state index contributed by atoms with van der Waals surface area (Å²) in [6, 6.07) is 13.1. The number of aliphatic carboxylic acids is 1. The van der Waals surface area contributed by atoms with Crippen LogP contribution in [0.5, 0.6) is 11.5 Å². The fourth-order valence-corrected chi connectivity index (χ4v) is 3.35. The van der Waals surface area contributed by atoms with E-state index in [4.69, 9.17) is 14.6 Å². The van der Waals surface area contributed by atoms with Crippen molar-refractivity contribution in [1.29, 1.82) is 0 Å². The predicted molar refractivity (Wildman–Crippen MR) is 101 cm³/mol. The van der Waals surface area contributed by atoms with Crippen LogP contribution in [0.1, 0.15) is 40.7 Å². The summed E-state index contributed by atoms with van der Waals surface area (Å²) in [6.45, 7) is 2.31. The highest BCUT2D eigenvalue weighted by atomic mass is 16.5. The Morgan fingerprint density at radius 2 is 1.96 bits per heavy atom. The molecule has 2 N–H and O–H groups in total. The Kier molecular flexibility index (Phi) is 5.96. The molecule has 0 aromatic heterocycles. The van der Waals surface area contributed by atoms with Crippen molar-refractivity contribution in [3.63, 3.8) is 0 Å². The summed E-state index contributed by atoms with van der Waals surface area (Å²) in [7, 11) is 0. The van der Waals surface area contributed by atoms with E-state index in [0.29, 0.717) is 36.1 Å². The van der Waals surface area contributed by atoms with Gasteiger partial charge >= 0.3 is 5.97 Å². The molecule has 0 heterocycles. The molecule has 1 amide bonds. The van der Waals surface area contributed by atoms with Crippen molar-refractivity contribution in [2.75, 3.05) is 19.8 Å². The van der Waals surface area contributed by atoms with Gasteiger partial charge in [-0.25, -0.2) is 4.79 Å². The van der Waals surface area contributed by atoms with Gasteiger partial charge in [0.05, 0.1) is 6.61 Å². The summed E-state index contributed by atoms with van der Waals surface area (Å²) >= 11 is 0. The molecule has 0 bridgehead atoms. The summed E-state index contributed by atoms with van der Waals surface area (Å²) in [6.07, 6.45) is 2.08. The second-order valence-electron chi connectivity index (χ2n) is 6.42. The summed E-state index contributed by atoms with van der Waals surface area (Å²) < 4.78 is 10.7. The van der Waals surface area contributed by atoms with Crippen molar-refractivity contribution in [3.05, 3.63) is 59.2 Å². The first kappa shape index (κ1) is 18.8. The van der Waals surface area contributed by atoms with E-state index in [2.05, 4.69) is 17.4 Å². The molecule has 142 valence electrons. The van der Waals surface area contributed by atoms with Gasteiger partial charge in [-0.2, -0.15) is 0 Å². The van der Waals surface area contributed by atoms with Crippen molar-refractivity contribution in [1.82, 2.24) is 5.32 Å². The average Bonchev–Trinajstić information content (AvgIpc) is 3.08. The highest BCUT2D eigenvalue weighted by Gasteiger charge is 2.22. The Hall–Kier alpha value is -3.02. The molecule has 6 nitrogen and oxygen atoms in total. The topological polar surface area (TPSA) is 84.9 Å². The summed E-state index contributed by atoms with van der Waals surface area (Å²) in [5.74, 6) is -0.269. The van der Waals surface area contributed by atoms with Crippen molar-refractivity contribution in [3.8, 4) is 11.5 Å². The van der Waals surface area contributed by atoms with Crippen molar-refractivity contribution >= 4 is 11.9 Å². The van der Waals surface area contributed by atoms with Crippen molar-refractivity contribution in [2.24, 2.45) is 0 Å². The Bertz CT molecular complexity index is 833. The first-order valence-electron chi connectivity index (χ1n) is 9.06. The average molecular weight is 369 g/mol. The highest BCUT2D eigenvalue weighted by Crippen LogP contribution is 2.32. The number of ether oxygens (including phenoxy) is 2. The van der Waals surface area contributed by atoms with Crippen LogP contribution in [-0.2, 0) is 11.2 Å². The Labute approximate surface area is 158 Å². The number of carbonyl (C=O) groups excluding carboxylic acids is 1. The minimum atomic E-state index is -1.07. The molecule has 0 fully saturated rings. The number of carboxylic acid groups (broad SMARTS) is 1. The SMILES string of the molecule is CCOc1cc(C(=O)NCC2CCc3ccccc32)ccc1OCC(=O)O. The smallest absolute Gasteiger partial charge is 0.341 e. The largest absolute Gasteiger partial charge is 0.490 e. The molecule has 0 saturated carbocycles. The van der Waals surface area contributed by atoms with E-state index < -0.39 is 12.6 Å². The molecule has 1 aliphatic carbocycles. The standard InChI is InChI=1S/C21H23NO5/c1-2-26-19-11-15(9-10-18(19)27-13-20(23)24)21(25)22-12-16-8-7-14-5-3-4-6-17(14)16/h3-6,9-11,16H,2,7-8,12-13H2,1H3,(H,22,25)(H,23,24). The monoisotopic (exact) mass is 369 g/mol. The Balaban J connectivity index is 1.66. The van der Waals surface area contributed by atoms with Gasteiger partial charge in [-0.1, -0.05) is 24.3 Å². The molecule has 2 aromatic rings. The lowest BCUT2D eigenvalue weighted by Gasteiger charge is -2.15. The number of benzene rings is 2. The van der Waals surface area contributed by atoms with Gasteiger partial charge in [0.1, 0.15) is 0 Å². The minimum Gasteiger partial charge on any atom is -0.490 e. The van der Waals surface area contributed by atoms with Crippen LogP contribution >= 0.6 is 0 Å². The van der Waals surface area contributed by atoms with Crippen molar-refractivity contribution < 1.29 is 24.2 Å². The van der Waals surface area contributed by atoms with Crippen LogP contribution < -0.4 is 14.8 Å². The van der Waals surface area contributed by atoms with Crippen LogP contribution in [0.15, 0.2) is 42.5 Å². The van der Waals surface area contributed by atoms with Crippen LogP contribution in [0.25, 0.3) is 0 Å². The third-order valence-corrected chi connectivity index (χ3v) is 4.62. The number of carboxylic acids is 1. The highest BCUT2D eigenvalue weighted by molar-refractivity contribution is 5.95. The summed E-state index contributed by atoms with van der Waals surface area (Å²) in [5, 5.41) is 11.7. The number of aryl methyl sites for hydroxylation is 1. The second-order valence-corrected chi connectivity index (χ2v) is 6.42. The van der Waals surface area contributed by atoms with E-state index in [0.717, 1.165) is 12.8 Å². The van der Waals surface area contributed by atoms with Crippen LogP contribution in [-0.4, -0.2) is 36.7 Å². The van der Waals surface area contributed by atoms with Crippen LogP contribution in [0.3, 0.4) is 0 Å². The van der Waals surface area contributed by atoms with Gasteiger partial charge in [0.15, 0.2) is 18.1 Å². The number of fused-ring (bicyclic) bond motifs is 1. The number of carbonyl (C=O) groups is 2. The first-order valence-corrected chi connectivity index (χ1v) is 9.06. The molecule has 1 atom stereocenters. The maximum atomic E-state index is 12.5. The number of hydrogen-bond donors (Lipinski definition) is 2. The normalized spacial score (nSPS) is 15.1. The molecule has 0 aliphatic heterocycles. The number of nitrogens with one attached hydrogen (secondary N) is 1. The zero-order valence-electron chi connectivity index (χ0n) is 15.2. The lowest BCUT2D eigenvalue weighted by Crippen LogP contribution is -2.27. The molecule has 0 saturated heterocycles. The molecule has 2 aromatic carbocycles. The van der Waals surface area contributed by atoms with E-state index in [1.807, 2.05) is 19.1 Å². The van der Waals surface area contributed by atoms with Gasteiger partial charge in [-0.15, -0.1) is 0 Å². The first-order chi connectivity index (χ1) is 13.1. The summed E-state index contributed by atoms with van der Waals surface area (Å²) in [4.78, 5) is 23.2. The fraction of sp³-hybridized carbons (Fsp3) is 0.333. The van der Waals surface area contributed by atoms with E-state index >= 15 is 0 Å². The molecule has 6 heteroatoms. The van der Waals surface area contributed by atoms with Gasteiger partial charge in [0.25, 0.3) is 5.91 Å². The van der Waals surface area contributed by atoms with Gasteiger partial charge < -0.3 is 19.9 Å². The predicted octanol–water partition coefficient (Wildman–Crippen LogP) is 3.01. The minimum absolute atomic E-state index is 0.190. The number of hydrogen-bond acceptors (Lipinski definition) is 4. The molecule has 3 rings (SSSR count). The van der Waals surface area contributed by atoms with Crippen LogP contribution in [0.2, 0.25) is 0 Å².